The Kier molecular flexibility index (Phi) is 4.91. The standard InChI is InChI=1S/C13H19NO3/c1-15-10-12-3-2-11(8-14-12)9-17-13-4-6-16-7-5-13/h2-3,8,13H,4-7,9-10H2,1H3. The number of hydrogen-bond acceptors (Lipinski definition) is 4. The van der Waals surface area contributed by atoms with E-state index in [0.717, 1.165) is 37.3 Å². The van der Waals surface area contributed by atoms with E-state index in [1.54, 1.807) is 7.11 Å². The molecule has 0 saturated carbocycles. The van der Waals surface area contributed by atoms with Crippen molar-refractivity contribution in [2.75, 3.05) is 20.3 Å². The van der Waals surface area contributed by atoms with E-state index in [1.165, 1.54) is 0 Å². The summed E-state index contributed by atoms with van der Waals surface area (Å²) in [5, 5.41) is 0. The second-order valence-corrected chi connectivity index (χ2v) is 4.21. The van der Waals surface area contributed by atoms with Crippen molar-refractivity contribution in [1.29, 1.82) is 0 Å². The van der Waals surface area contributed by atoms with Crippen molar-refractivity contribution in [3.63, 3.8) is 0 Å². The van der Waals surface area contributed by atoms with Crippen LogP contribution in [0.2, 0.25) is 0 Å². The number of pyridine rings is 1. The van der Waals surface area contributed by atoms with Crippen LogP contribution in [-0.4, -0.2) is 31.4 Å². The molecule has 1 aromatic rings. The lowest BCUT2D eigenvalue weighted by molar-refractivity contribution is -0.0391. The molecule has 4 heteroatoms. The third-order valence-electron chi connectivity index (χ3n) is 2.83. The van der Waals surface area contributed by atoms with E-state index in [1.807, 2.05) is 18.3 Å². The van der Waals surface area contributed by atoms with Gasteiger partial charge < -0.3 is 14.2 Å². The van der Waals surface area contributed by atoms with Gasteiger partial charge in [-0.25, -0.2) is 0 Å². The Balaban J connectivity index is 1.77. The molecule has 0 unspecified atom stereocenters. The molecule has 1 aliphatic rings. The third-order valence-corrected chi connectivity index (χ3v) is 2.83. The quantitative estimate of drug-likeness (QED) is 0.784. The van der Waals surface area contributed by atoms with Crippen molar-refractivity contribution in [2.45, 2.75) is 32.2 Å². The highest BCUT2D eigenvalue weighted by Crippen LogP contribution is 2.13. The number of ether oxygens (including phenoxy) is 3. The average molecular weight is 237 g/mol. The fraction of sp³-hybridized carbons (Fsp3) is 0.615. The zero-order valence-corrected chi connectivity index (χ0v) is 10.2. The number of nitrogens with zero attached hydrogens (tertiary/aromatic N) is 1. The van der Waals surface area contributed by atoms with Crippen LogP contribution in [0, 0.1) is 0 Å². The number of aromatic nitrogens is 1. The van der Waals surface area contributed by atoms with Crippen LogP contribution in [0.5, 0.6) is 0 Å². The maximum atomic E-state index is 5.82. The predicted molar refractivity (Wildman–Crippen MR) is 63.6 cm³/mol. The summed E-state index contributed by atoms with van der Waals surface area (Å²) in [5.74, 6) is 0. The van der Waals surface area contributed by atoms with Gasteiger partial charge in [-0.1, -0.05) is 6.07 Å². The summed E-state index contributed by atoms with van der Waals surface area (Å²) in [7, 11) is 1.67. The first-order valence-corrected chi connectivity index (χ1v) is 6.00. The lowest BCUT2D eigenvalue weighted by Gasteiger charge is -2.22. The molecule has 2 heterocycles. The summed E-state index contributed by atoms with van der Waals surface area (Å²) >= 11 is 0. The highest BCUT2D eigenvalue weighted by atomic mass is 16.5. The Hall–Kier alpha value is -0.970. The molecular formula is C13H19NO3. The molecule has 0 aromatic carbocycles. The molecule has 0 atom stereocenters. The molecule has 94 valence electrons. The number of rotatable bonds is 5. The molecule has 2 rings (SSSR count). The molecule has 0 radical (unpaired) electrons. The van der Waals surface area contributed by atoms with Crippen LogP contribution in [-0.2, 0) is 27.4 Å². The first kappa shape index (κ1) is 12.5. The van der Waals surface area contributed by atoms with Gasteiger partial charge in [-0.15, -0.1) is 0 Å². The zero-order chi connectivity index (χ0) is 11.9. The van der Waals surface area contributed by atoms with Crippen LogP contribution in [0.3, 0.4) is 0 Å². The molecule has 0 N–H and O–H groups in total. The van der Waals surface area contributed by atoms with Crippen LogP contribution in [0.4, 0.5) is 0 Å². The number of hydrogen-bond donors (Lipinski definition) is 0. The molecule has 0 bridgehead atoms. The smallest absolute Gasteiger partial charge is 0.0884 e. The van der Waals surface area contributed by atoms with Crippen LogP contribution in [0.15, 0.2) is 18.3 Å². The molecule has 0 spiro atoms. The molecule has 1 aromatic heterocycles. The maximum Gasteiger partial charge on any atom is 0.0884 e. The minimum atomic E-state index is 0.336. The summed E-state index contributed by atoms with van der Waals surface area (Å²) in [4.78, 5) is 4.30. The largest absolute Gasteiger partial charge is 0.381 e. The van der Waals surface area contributed by atoms with Crippen molar-refractivity contribution < 1.29 is 14.2 Å². The van der Waals surface area contributed by atoms with Gasteiger partial charge in [0.1, 0.15) is 0 Å². The van der Waals surface area contributed by atoms with E-state index >= 15 is 0 Å². The van der Waals surface area contributed by atoms with E-state index in [4.69, 9.17) is 14.2 Å². The summed E-state index contributed by atoms with van der Waals surface area (Å²) in [5.41, 5.74) is 2.05. The second-order valence-electron chi connectivity index (χ2n) is 4.21. The van der Waals surface area contributed by atoms with Gasteiger partial charge in [0.2, 0.25) is 0 Å². The lowest BCUT2D eigenvalue weighted by Crippen LogP contribution is -2.23. The Labute approximate surface area is 102 Å². The van der Waals surface area contributed by atoms with Crippen LogP contribution < -0.4 is 0 Å². The van der Waals surface area contributed by atoms with Gasteiger partial charge in [-0.2, -0.15) is 0 Å². The Morgan fingerprint density at radius 1 is 1.29 bits per heavy atom. The summed E-state index contributed by atoms with van der Waals surface area (Å²) in [6.07, 6.45) is 4.18. The highest BCUT2D eigenvalue weighted by molar-refractivity contribution is 5.12. The van der Waals surface area contributed by atoms with Crippen molar-refractivity contribution >= 4 is 0 Å². The summed E-state index contributed by atoms with van der Waals surface area (Å²) in [6.45, 7) is 2.82. The van der Waals surface area contributed by atoms with Crippen LogP contribution in [0.1, 0.15) is 24.1 Å². The zero-order valence-electron chi connectivity index (χ0n) is 10.2. The van der Waals surface area contributed by atoms with Gasteiger partial charge in [0.05, 0.1) is 25.0 Å². The van der Waals surface area contributed by atoms with Gasteiger partial charge in [-0.3, -0.25) is 4.98 Å². The third kappa shape index (κ3) is 4.07. The van der Waals surface area contributed by atoms with E-state index < -0.39 is 0 Å². The molecule has 0 aliphatic carbocycles. The van der Waals surface area contributed by atoms with E-state index in [2.05, 4.69) is 4.98 Å². The van der Waals surface area contributed by atoms with E-state index in [0.29, 0.717) is 19.3 Å². The Morgan fingerprint density at radius 2 is 2.12 bits per heavy atom. The monoisotopic (exact) mass is 237 g/mol. The molecule has 1 saturated heterocycles. The normalized spacial score (nSPS) is 17.2. The highest BCUT2D eigenvalue weighted by Gasteiger charge is 2.13. The minimum absolute atomic E-state index is 0.336. The van der Waals surface area contributed by atoms with Gasteiger partial charge in [0.15, 0.2) is 0 Å². The Morgan fingerprint density at radius 3 is 2.76 bits per heavy atom. The van der Waals surface area contributed by atoms with Crippen molar-refractivity contribution in [1.82, 2.24) is 4.98 Å². The molecular weight excluding hydrogens is 218 g/mol. The summed E-state index contributed by atoms with van der Waals surface area (Å²) in [6, 6.07) is 4.02. The van der Waals surface area contributed by atoms with Crippen LogP contribution >= 0.6 is 0 Å². The van der Waals surface area contributed by atoms with Crippen molar-refractivity contribution in [2.24, 2.45) is 0 Å². The molecule has 1 aliphatic heterocycles. The van der Waals surface area contributed by atoms with Crippen LogP contribution in [0.25, 0.3) is 0 Å². The predicted octanol–water partition coefficient (Wildman–Crippen LogP) is 1.92. The molecule has 1 fully saturated rings. The molecule has 4 nitrogen and oxygen atoms in total. The van der Waals surface area contributed by atoms with Gasteiger partial charge >= 0.3 is 0 Å². The van der Waals surface area contributed by atoms with Gasteiger partial charge in [0, 0.05) is 26.5 Å². The SMILES string of the molecule is COCc1ccc(COC2CCOCC2)cn1. The maximum absolute atomic E-state index is 5.82. The minimum Gasteiger partial charge on any atom is -0.381 e. The van der Waals surface area contributed by atoms with Gasteiger partial charge in [-0.05, 0) is 24.5 Å². The first-order valence-electron chi connectivity index (χ1n) is 6.00. The Bertz CT molecular complexity index is 320. The van der Waals surface area contributed by atoms with Crippen molar-refractivity contribution in [3.05, 3.63) is 29.6 Å². The fourth-order valence-corrected chi connectivity index (χ4v) is 1.83. The second kappa shape index (κ2) is 6.69. The summed E-state index contributed by atoms with van der Waals surface area (Å²) < 4.78 is 16.1. The van der Waals surface area contributed by atoms with E-state index in [9.17, 15) is 0 Å². The number of methoxy groups -OCH3 is 1. The fourth-order valence-electron chi connectivity index (χ4n) is 1.83. The molecule has 17 heavy (non-hydrogen) atoms. The van der Waals surface area contributed by atoms with E-state index in [-0.39, 0.29) is 0 Å². The first-order chi connectivity index (χ1) is 8.38. The average Bonchev–Trinajstić information content (AvgIpc) is 2.40. The van der Waals surface area contributed by atoms with Crippen molar-refractivity contribution in [3.8, 4) is 0 Å². The lowest BCUT2D eigenvalue weighted by atomic mass is 10.1. The molecule has 0 amide bonds. The topological polar surface area (TPSA) is 40.6 Å². The van der Waals surface area contributed by atoms with Gasteiger partial charge in [0.25, 0.3) is 0 Å².